The molecule has 0 saturated heterocycles. The van der Waals surface area contributed by atoms with E-state index in [0.717, 1.165) is 41.0 Å². The van der Waals surface area contributed by atoms with Crippen molar-refractivity contribution in [2.24, 2.45) is 5.10 Å². The number of benzene rings is 2. The van der Waals surface area contributed by atoms with Gasteiger partial charge in [-0.25, -0.2) is 4.98 Å². The van der Waals surface area contributed by atoms with Gasteiger partial charge in [0.25, 0.3) is 5.56 Å². The maximum Gasteiger partial charge on any atom is 0.298 e. The second-order valence-corrected chi connectivity index (χ2v) is 9.17. The Bertz CT molecular complexity index is 1370. The Morgan fingerprint density at radius 1 is 0.972 bits per heavy atom. The molecule has 0 aliphatic carbocycles. The minimum atomic E-state index is -0.241. The predicted molar refractivity (Wildman–Crippen MR) is 147 cm³/mol. The van der Waals surface area contributed by atoms with E-state index in [1.165, 1.54) is 49.6 Å². The van der Waals surface area contributed by atoms with E-state index in [9.17, 15) is 4.79 Å². The van der Waals surface area contributed by atoms with Gasteiger partial charge >= 0.3 is 0 Å². The largest absolute Gasteiger partial charge is 0.497 e. The summed E-state index contributed by atoms with van der Waals surface area (Å²) in [5.74, 6) is 2.08. The summed E-state index contributed by atoms with van der Waals surface area (Å²) in [7, 11) is 1.62. The number of fused-ring (bicyclic) bond motifs is 3. The van der Waals surface area contributed by atoms with Crippen LogP contribution in [-0.4, -0.2) is 34.6 Å². The Morgan fingerprint density at radius 2 is 1.67 bits per heavy atom. The molecule has 0 saturated carbocycles. The number of methoxy groups -OCH3 is 1. The molecule has 190 valence electrons. The van der Waals surface area contributed by atoms with Gasteiger partial charge in [0.05, 0.1) is 19.9 Å². The van der Waals surface area contributed by atoms with Crippen LogP contribution in [0.2, 0.25) is 0 Å². The molecule has 0 amide bonds. The summed E-state index contributed by atoms with van der Waals surface area (Å²) in [4.78, 5) is 20.9. The van der Waals surface area contributed by atoms with Crippen LogP contribution < -0.4 is 15.0 Å². The van der Waals surface area contributed by atoms with Crippen LogP contribution in [0.4, 0.5) is 0 Å². The van der Waals surface area contributed by atoms with Gasteiger partial charge in [-0.15, -0.1) is 0 Å². The zero-order chi connectivity index (χ0) is 25.3. The van der Waals surface area contributed by atoms with E-state index in [1.807, 2.05) is 42.5 Å². The van der Waals surface area contributed by atoms with Crippen LogP contribution >= 0.6 is 0 Å². The number of H-pyrrole nitrogens is 1. The molecule has 0 fully saturated rings. The third-order valence-corrected chi connectivity index (χ3v) is 6.43. The quantitative estimate of drug-likeness (QED) is 0.170. The van der Waals surface area contributed by atoms with Gasteiger partial charge in [0, 0.05) is 10.9 Å². The van der Waals surface area contributed by atoms with E-state index >= 15 is 0 Å². The second-order valence-electron chi connectivity index (χ2n) is 9.17. The van der Waals surface area contributed by atoms with Crippen LogP contribution in [-0.2, 0) is 0 Å². The number of nitrogens with one attached hydrogen (secondary N) is 1. The average molecular weight is 489 g/mol. The molecule has 0 atom stereocenters. The smallest absolute Gasteiger partial charge is 0.298 e. The molecule has 0 bridgehead atoms. The number of aromatic amines is 1. The number of aromatic nitrogens is 3. The lowest BCUT2D eigenvalue weighted by atomic mass is 10.1. The number of nitrogens with zero attached hydrogens (tertiary/aromatic N) is 3. The number of ether oxygens (including phenoxy) is 2. The van der Waals surface area contributed by atoms with Crippen LogP contribution in [0, 0.1) is 6.92 Å². The fourth-order valence-corrected chi connectivity index (χ4v) is 4.35. The highest BCUT2D eigenvalue weighted by atomic mass is 16.5. The molecule has 36 heavy (non-hydrogen) atoms. The summed E-state index contributed by atoms with van der Waals surface area (Å²) in [6.07, 6.45) is 11.9. The monoisotopic (exact) mass is 488 g/mol. The Hall–Kier alpha value is -3.61. The van der Waals surface area contributed by atoms with Crippen molar-refractivity contribution in [1.29, 1.82) is 0 Å². The molecule has 2 heterocycles. The van der Waals surface area contributed by atoms with E-state index < -0.39 is 0 Å². The molecule has 4 rings (SSSR count). The highest BCUT2D eigenvalue weighted by Crippen LogP contribution is 2.26. The Balaban J connectivity index is 1.36. The van der Waals surface area contributed by atoms with Crippen LogP contribution in [0.1, 0.15) is 69.7 Å². The summed E-state index contributed by atoms with van der Waals surface area (Å²) >= 11 is 0. The molecule has 0 aliphatic heterocycles. The molecule has 0 radical (unpaired) electrons. The van der Waals surface area contributed by atoms with Gasteiger partial charge in [0.15, 0.2) is 0 Å². The van der Waals surface area contributed by atoms with Crippen molar-refractivity contribution in [3.63, 3.8) is 0 Å². The third kappa shape index (κ3) is 6.14. The molecule has 0 spiro atoms. The van der Waals surface area contributed by atoms with Crippen molar-refractivity contribution >= 4 is 28.2 Å². The number of hydrogen-bond acceptors (Lipinski definition) is 5. The standard InChI is InChI=1S/C29H36N4O3/c1-4-5-6-7-8-9-10-11-18-36-23-14-12-22(13-15-23)20-30-33-21(2)31-27-25-19-24(35-3)16-17-26(25)32-28(27)29(33)34/h12-17,19-20,32H,4-11,18H2,1-3H3. The maximum absolute atomic E-state index is 13.1. The van der Waals surface area contributed by atoms with Gasteiger partial charge in [-0.2, -0.15) is 9.78 Å². The highest BCUT2D eigenvalue weighted by molar-refractivity contribution is 6.05. The van der Waals surface area contributed by atoms with E-state index in [2.05, 4.69) is 22.0 Å². The van der Waals surface area contributed by atoms with Crippen molar-refractivity contribution in [3.8, 4) is 11.5 Å². The molecule has 1 N–H and O–H groups in total. The topological polar surface area (TPSA) is 81.5 Å². The first-order valence-electron chi connectivity index (χ1n) is 13.0. The van der Waals surface area contributed by atoms with Gasteiger partial charge in [-0.05, 0) is 61.4 Å². The first kappa shape index (κ1) is 25.5. The Labute approximate surface area is 212 Å². The maximum atomic E-state index is 13.1. The molecule has 0 unspecified atom stereocenters. The zero-order valence-corrected chi connectivity index (χ0v) is 21.5. The van der Waals surface area contributed by atoms with Crippen molar-refractivity contribution in [2.45, 2.75) is 65.2 Å². The SMILES string of the molecule is CCCCCCCCCCOc1ccc(C=Nn2c(C)nc3c([nH]c4ccc(OC)cc43)c2=O)cc1. The predicted octanol–water partition coefficient (Wildman–Crippen LogP) is 6.60. The van der Waals surface area contributed by atoms with E-state index in [4.69, 9.17) is 9.47 Å². The van der Waals surface area contributed by atoms with Crippen molar-refractivity contribution in [2.75, 3.05) is 13.7 Å². The number of aryl methyl sites for hydroxylation is 1. The molecular formula is C29H36N4O3. The number of rotatable bonds is 13. The van der Waals surface area contributed by atoms with Crippen LogP contribution in [0.5, 0.6) is 11.5 Å². The lowest BCUT2D eigenvalue weighted by Gasteiger charge is -2.07. The summed E-state index contributed by atoms with van der Waals surface area (Å²) in [5.41, 5.74) is 2.51. The third-order valence-electron chi connectivity index (χ3n) is 6.43. The molecule has 7 heteroatoms. The zero-order valence-electron chi connectivity index (χ0n) is 21.5. The van der Waals surface area contributed by atoms with Gasteiger partial charge in [-0.3, -0.25) is 4.79 Å². The number of unbranched alkanes of at least 4 members (excludes halogenated alkanes) is 7. The van der Waals surface area contributed by atoms with Crippen LogP contribution in [0.25, 0.3) is 21.9 Å². The fourth-order valence-electron chi connectivity index (χ4n) is 4.35. The van der Waals surface area contributed by atoms with Crippen molar-refractivity contribution in [3.05, 3.63) is 64.2 Å². The lowest BCUT2D eigenvalue weighted by molar-refractivity contribution is 0.304. The van der Waals surface area contributed by atoms with Crippen molar-refractivity contribution < 1.29 is 9.47 Å². The summed E-state index contributed by atoms with van der Waals surface area (Å²) in [5, 5.41) is 5.26. The van der Waals surface area contributed by atoms with Crippen LogP contribution in [0.15, 0.2) is 52.4 Å². The van der Waals surface area contributed by atoms with Gasteiger partial charge in [0.2, 0.25) is 0 Å². The minimum absolute atomic E-state index is 0.241. The first-order chi connectivity index (χ1) is 17.6. The summed E-state index contributed by atoms with van der Waals surface area (Å²) in [6, 6.07) is 13.4. The molecule has 7 nitrogen and oxygen atoms in total. The van der Waals surface area contributed by atoms with Crippen molar-refractivity contribution in [1.82, 2.24) is 14.6 Å². The summed E-state index contributed by atoms with van der Waals surface area (Å²) < 4.78 is 12.5. The van der Waals surface area contributed by atoms with Gasteiger partial charge in [0.1, 0.15) is 28.4 Å². The number of hydrogen-bond donors (Lipinski definition) is 1. The fraction of sp³-hybridized carbons (Fsp3) is 0.414. The molecular weight excluding hydrogens is 452 g/mol. The van der Waals surface area contributed by atoms with Gasteiger partial charge < -0.3 is 14.5 Å². The normalized spacial score (nSPS) is 11.6. The molecule has 2 aromatic heterocycles. The lowest BCUT2D eigenvalue weighted by Crippen LogP contribution is -2.20. The van der Waals surface area contributed by atoms with E-state index in [1.54, 1.807) is 20.2 Å². The molecule has 2 aromatic carbocycles. The highest BCUT2D eigenvalue weighted by Gasteiger charge is 2.14. The molecule has 4 aromatic rings. The second kappa shape index (κ2) is 12.4. The average Bonchev–Trinajstić information content (AvgIpc) is 3.26. The van der Waals surface area contributed by atoms with E-state index in [0.29, 0.717) is 16.9 Å². The van der Waals surface area contributed by atoms with Gasteiger partial charge in [-0.1, -0.05) is 51.9 Å². The van der Waals surface area contributed by atoms with Crippen LogP contribution in [0.3, 0.4) is 0 Å². The minimum Gasteiger partial charge on any atom is -0.497 e. The first-order valence-corrected chi connectivity index (χ1v) is 13.0. The Morgan fingerprint density at radius 3 is 2.39 bits per heavy atom. The molecule has 0 aliphatic rings. The van der Waals surface area contributed by atoms with E-state index in [-0.39, 0.29) is 5.56 Å². The summed E-state index contributed by atoms with van der Waals surface area (Å²) in [6.45, 7) is 4.76. The Kier molecular flexibility index (Phi) is 8.76.